The molecule has 154 valence electrons. The van der Waals surface area contributed by atoms with Crippen LogP contribution in [-0.4, -0.2) is 25.8 Å². The van der Waals surface area contributed by atoms with E-state index in [2.05, 4.69) is 53.7 Å². The van der Waals surface area contributed by atoms with Crippen molar-refractivity contribution >= 4 is 14.6 Å². The fourth-order valence-corrected chi connectivity index (χ4v) is 8.43. The topological polar surface area (TPSA) is 36.9 Å². The quantitative estimate of drug-likeness (QED) is 0.521. The van der Waals surface area contributed by atoms with Crippen LogP contribution >= 0.6 is 0 Å². The first kappa shape index (κ1) is 22.6. The van der Waals surface area contributed by atoms with Gasteiger partial charge in [0.1, 0.15) is 0 Å². The Morgan fingerprint density at radius 2 is 1.15 bits per heavy atom. The van der Waals surface area contributed by atoms with Gasteiger partial charge in [-0.05, 0) is 0 Å². The van der Waals surface area contributed by atoms with E-state index in [0.717, 1.165) is 17.1 Å². The summed E-state index contributed by atoms with van der Waals surface area (Å²) in [7, 11) is 0. The Labute approximate surface area is 169 Å². The molecule has 0 aromatic heterocycles. The predicted octanol–water partition coefficient (Wildman–Crippen LogP) is 6.12. The van der Waals surface area contributed by atoms with E-state index in [1.165, 1.54) is 5.56 Å². The van der Waals surface area contributed by atoms with E-state index in [-0.39, 0.29) is 10.8 Å². The molecule has 0 N–H and O–H groups in total. The van der Waals surface area contributed by atoms with Gasteiger partial charge in [-0.2, -0.15) is 0 Å². The molecule has 0 radical (unpaired) electrons. The molecule has 0 amide bonds. The van der Waals surface area contributed by atoms with Gasteiger partial charge in [-0.1, -0.05) is 0 Å². The van der Waals surface area contributed by atoms with Crippen LogP contribution in [-0.2, 0) is 18.4 Å². The van der Waals surface area contributed by atoms with Crippen LogP contribution in [0.25, 0.3) is 0 Å². The van der Waals surface area contributed by atoms with Crippen LogP contribution in [0, 0.1) is 0 Å². The molecule has 1 aromatic carbocycles. The second-order valence-electron chi connectivity index (χ2n) is 11.5. The van der Waals surface area contributed by atoms with Gasteiger partial charge >= 0.3 is 170 Å². The summed E-state index contributed by atoms with van der Waals surface area (Å²) in [4.78, 5) is 0. The summed E-state index contributed by atoms with van der Waals surface area (Å²) in [5, 5.41) is 0. The Balaban J connectivity index is 2.62. The van der Waals surface area contributed by atoms with E-state index < -0.39 is 25.8 Å². The number of hydrogen-bond acceptors (Lipinski definition) is 4. The van der Waals surface area contributed by atoms with E-state index in [9.17, 15) is 0 Å². The predicted molar refractivity (Wildman–Crippen MR) is 113 cm³/mol. The minimum atomic E-state index is -4.03. The van der Waals surface area contributed by atoms with Gasteiger partial charge in [0.25, 0.3) is 0 Å². The molecule has 0 aliphatic carbocycles. The molecular formula is C22H38GeO4. The van der Waals surface area contributed by atoms with Crippen LogP contribution in [0.3, 0.4) is 0 Å². The zero-order valence-electron chi connectivity index (χ0n) is 19.3. The van der Waals surface area contributed by atoms with E-state index in [0.29, 0.717) is 0 Å². The van der Waals surface area contributed by atoms with Crippen molar-refractivity contribution in [3.63, 3.8) is 0 Å². The maximum absolute atomic E-state index is 6.49. The molecule has 0 saturated carbocycles. The van der Waals surface area contributed by atoms with Gasteiger partial charge in [0.2, 0.25) is 0 Å². The molecule has 0 fully saturated rings. The fraction of sp³-hybridized carbons (Fsp3) is 0.727. The van der Waals surface area contributed by atoms with Crippen molar-refractivity contribution in [3.05, 3.63) is 23.3 Å². The summed E-state index contributed by atoms with van der Waals surface area (Å²) < 4.78 is 25.6. The molecule has 1 aliphatic rings. The van der Waals surface area contributed by atoms with Crippen molar-refractivity contribution in [1.82, 2.24) is 0 Å². The van der Waals surface area contributed by atoms with Crippen molar-refractivity contribution in [2.75, 3.05) is 0 Å². The standard InChI is InChI=1S/C22H38GeO4/c1-19(2,3)15-13-16(20(4,5)6)18-17(14-15)24-23(25-18,26-21(7,8)9)27-22(10,11)12/h13-14H,1-12H3. The number of rotatable bonds is 2. The number of hydrogen-bond donors (Lipinski definition) is 0. The average molecular weight is 439 g/mol. The van der Waals surface area contributed by atoms with Crippen LogP contribution in [0.1, 0.15) is 94.2 Å². The summed E-state index contributed by atoms with van der Waals surface area (Å²) in [6, 6.07) is 4.34. The minimum absolute atomic E-state index is 0.00636. The van der Waals surface area contributed by atoms with E-state index in [1.807, 2.05) is 41.5 Å². The first-order valence-corrected chi connectivity index (χ1v) is 13.2. The molecule has 0 spiro atoms. The maximum atomic E-state index is 6.49. The van der Waals surface area contributed by atoms with Gasteiger partial charge in [0, 0.05) is 0 Å². The van der Waals surface area contributed by atoms with Crippen molar-refractivity contribution < 1.29 is 15.1 Å². The fourth-order valence-electron chi connectivity index (χ4n) is 2.91. The molecule has 5 heteroatoms. The van der Waals surface area contributed by atoms with Gasteiger partial charge < -0.3 is 0 Å². The normalized spacial score (nSPS) is 17.3. The third kappa shape index (κ3) is 5.64. The third-order valence-electron chi connectivity index (χ3n) is 4.05. The second kappa shape index (κ2) is 6.67. The molecule has 27 heavy (non-hydrogen) atoms. The van der Waals surface area contributed by atoms with Gasteiger partial charge in [-0.15, -0.1) is 0 Å². The Morgan fingerprint density at radius 1 is 0.667 bits per heavy atom. The SMILES string of the molecule is CC(C)(C)[O][Ge]1([O]C(C)(C)C)[O]c2cc(C(C)(C)C)cc(C(C)(C)C)c2[O]1. The molecule has 0 saturated heterocycles. The second-order valence-corrected chi connectivity index (χ2v) is 15.3. The van der Waals surface area contributed by atoms with Gasteiger partial charge in [0.05, 0.1) is 0 Å². The first-order valence-electron chi connectivity index (χ1n) is 9.79. The summed E-state index contributed by atoms with van der Waals surface area (Å²) in [6.45, 7) is 25.3. The van der Waals surface area contributed by atoms with Crippen molar-refractivity contribution in [3.8, 4) is 11.5 Å². The summed E-state index contributed by atoms with van der Waals surface area (Å²) in [5.41, 5.74) is 1.42. The Kier molecular flexibility index (Phi) is 5.57. The molecule has 0 atom stereocenters. The van der Waals surface area contributed by atoms with Crippen molar-refractivity contribution in [1.29, 1.82) is 0 Å². The van der Waals surface area contributed by atoms with Crippen LogP contribution in [0.2, 0.25) is 0 Å². The molecule has 1 aromatic rings. The van der Waals surface area contributed by atoms with Gasteiger partial charge in [-0.3, -0.25) is 0 Å². The molecule has 1 aliphatic heterocycles. The summed E-state index contributed by atoms with van der Waals surface area (Å²) in [5.74, 6) is 1.53. The van der Waals surface area contributed by atoms with Crippen molar-refractivity contribution in [2.45, 2.75) is 105 Å². The Hall–Kier alpha value is -0.717. The zero-order valence-corrected chi connectivity index (χ0v) is 21.4. The van der Waals surface area contributed by atoms with E-state index in [1.54, 1.807) is 0 Å². The molecule has 2 rings (SSSR count). The van der Waals surface area contributed by atoms with E-state index >= 15 is 0 Å². The van der Waals surface area contributed by atoms with Gasteiger partial charge in [-0.25, -0.2) is 0 Å². The van der Waals surface area contributed by atoms with Crippen LogP contribution in [0.15, 0.2) is 12.1 Å². The van der Waals surface area contributed by atoms with Crippen LogP contribution in [0.4, 0.5) is 0 Å². The zero-order chi connectivity index (χ0) is 21.1. The molecule has 4 nitrogen and oxygen atoms in total. The summed E-state index contributed by atoms with van der Waals surface area (Å²) in [6.07, 6.45) is 0. The number of fused-ring (bicyclic) bond motifs is 1. The first-order chi connectivity index (χ1) is 11.8. The third-order valence-corrected chi connectivity index (χ3v) is 9.61. The van der Waals surface area contributed by atoms with E-state index in [4.69, 9.17) is 15.1 Å². The molecule has 1 heterocycles. The number of benzene rings is 1. The Morgan fingerprint density at radius 3 is 1.52 bits per heavy atom. The summed E-state index contributed by atoms with van der Waals surface area (Å²) >= 11 is -4.03. The molecule has 0 bridgehead atoms. The van der Waals surface area contributed by atoms with Gasteiger partial charge in [0.15, 0.2) is 0 Å². The average Bonchev–Trinajstić information content (AvgIpc) is 2.66. The van der Waals surface area contributed by atoms with Crippen LogP contribution < -0.4 is 7.53 Å². The van der Waals surface area contributed by atoms with Crippen LogP contribution in [0.5, 0.6) is 11.5 Å². The monoisotopic (exact) mass is 440 g/mol. The Bertz CT molecular complexity index is 681. The molecular weight excluding hydrogens is 401 g/mol. The van der Waals surface area contributed by atoms with Crippen molar-refractivity contribution in [2.24, 2.45) is 0 Å². The molecule has 0 unspecified atom stereocenters.